The van der Waals surface area contributed by atoms with E-state index in [4.69, 9.17) is 19.9 Å². The molecule has 2 N–H and O–H groups in total. The maximum atomic E-state index is 12.5. The van der Waals surface area contributed by atoms with Crippen LogP contribution in [0.5, 0.6) is 11.5 Å². The lowest BCUT2D eigenvalue weighted by atomic mass is 9.83. The SMILES string of the molecule is CCOC(=O)C1=C(N)Oc2cc(OC)ccc2C1c1ccccc1. The zero-order valence-corrected chi connectivity index (χ0v) is 13.6. The number of fused-ring (bicyclic) bond motifs is 1. The standard InChI is InChI=1S/C19H19NO4/c1-3-23-19(21)17-16(12-7-5-4-6-8-12)14-10-9-13(22-2)11-15(14)24-18(17)20/h4-11,16H,3,20H2,1-2H3. The Balaban J connectivity index is 2.16. The highest BCUT2D eigenvalue weighted by Crippen LogP contribution is 2.43. The molecular formula is C19H19NO4. The van der Waals surface area contributed by atoms with Crippen molar-refractivity contribution in [3.05, 3.63) is 71.1 Å². The molecule has 0 radical (unpaired) electrons. The number of methoxy groups -OCH3 is 1. The highest BCUT2D eigenvalue weighted by Gasteiger charge is 2.35. The molecule has 24 heavy (non-hydrogen) atoms. The number of ether oxygens (including phenoxy) is 3. The van der Waals surface area contributed by atoms with Crippen molar-refractivity contribution in [2.45, 2.75) is 12.8 Å². The predicted molar refractivity (Wildman–Crippen MR) is 89.8 cm³/mol. The van der Waals surface area contributed by atoms with Crippen LogP contribution in [0.2, 0.25) is 0 Å². The maximum absolute atomic E-state index is 12.5. The molecule has 0 aromatic heterocycles. The lowest BCUT2D eigenvalue weighted by molar-refractivity contribution is -0.139. The molecule has 1 aliphatic heterocycles. The lowest BCUT2D eigenvalue weighted by Gasteiger charge is -2.28. The fourth-order valence-electron chi connectivity index (χ4n) is 2.86. The molecule has 5 nitrogen and oxygen atoms in total. The number of hydrogen-bond donors (Lipinski definition) is 1. The molecule has 3 rings (SSSR count). The zero-order valence-electron chi connectivity index (χ0n) is 13.6. The number of esters is 1. The predicted octanol–water partition coefficient (Wildman–Crippen LogP) is 2.95. The van der Waals surface area contributed by atoms with E-state index in [1.165, 1.54) is 0 Å². The largest absolute Gasteiger partial charge is 0.497 e. The van der Waals surface area contributed by atoms with Crippen LogP contribution in [0.15, 0.2) is 60.0 Å². The van der Waals surface area contributed by atoms with Gasteiger partial charge in [-0.25, -0.2) is 4.79 Å². The van der Waals surface area contributed by atoms with Crippen LogP contribution < -0.4 is 15.2 Å². The molecule has 0 bridgehead atoms. The van der Waals surface area contributed by atoms with E-state index in [9.17, 15) is 4.79 Å². The molecule has 1 aliphatic rings. The third kappa shape index (κ3) is 2.80. The summed E-state index contributed by atoms with van der Waals surface area (Å²) >= 11 is 0. The van der Waals surface area contributed by atoms with E-state index < -0.39 is 5.97 Å². The smallest absolute Gasteiger partial charge is 0.340 e. The van der Waals surface area contributed by atoms with Crippen molar-refractivity contribution in [2.75, 3.05) is 13.7 Å². The second-order valence-corrected chi connectivity index (χ2v) is 5.35. The number of benzene rings is 2. The van der Waals surface area contributed by atoms with Crippen LogP contribution in [0.4, 0.5) is 0 Å². The molecule has 2 aromatic carbocycles. The Kier molecular flexibility index (Phi) is 4.42. The average molecular weight is 325 g/mol. The molecule has 0 aliphatic carbocycles. The molecule has 0 spiro atoms. The van der Waals surface area contributed by atoms with Gasteiger partial charge in [-0.15, -0.1) is 0 Å². The van der Waals surface area contributed by atoms with Crippen LogP contribution in [0.25, 0.3) is 0 Å². The fraction of sp³-hybridized carbons (Fsp3) is 0.211. The van der Waals surface area contributed by atoms with Gasteiger partial charge in [0.2, 0.25) is 5.88 Å². The first-order valence-electron chi connectivity index (χ1n) is 7.73. The third-order valence-corrected chi connectivity index (χ3v) is 3.93. The van der Waals surface area contributed by atoms with Gasteiger partial charge in [-0.1, -0.05) is 36.4 Å². The molecule has 0 amide bonds. The quantitative estimate of drug-likeness (QED) is 0.875. The normalized spacial score (nSPS) is 16.2. The van der Waals surface area contributed by atoms with Crippen molar-refractivity contribution in [3.63, 3.8) is 0 Å². The monoisotopic (exact) mass is 325 g/mol. The maximum Gasteiger partial charge on any atom is 0.340 e. The second kappa shape index (κ2) is 6.66. The van der Waals surface area contributed by atoms with Gasteiger partial charge in [0.1, 0.15) is 17.1 Å². The fourth-order valence-corrected chi connectivity index (χ4v) is 2.86. The van der Waals surface area contributed by atoms with Crippen molar-refractivity contribution in [3.8, 4) is 11.5 Å². The first-order chi connectivity index (χ1) is 11.7. The topological polar surface area (TPSA) is 70.8 Å². The van der Waals surface area contributed by atoms with Gasteiger partial charge in [-0.05, 0) is 18.6 Å². The Hall–Kier alpha value is -2.95. The summed E-state index contributed by atoms with van der Waals surface area (Å²) in [4.78, 5) is 12.5. The van der Waals surface area contributed by atoms with Crippen molar-refractivity contribution < 1.29 is 19.0 Å². The molecule has 1 heterocycles. The van der Waals surface area contributed by atoms with E-state index >= 15 is 0 Å². The van der Waals surface area contributed by atoms with Gasteiger partial charge in [-0.2, -0.15) is 0 Å². The van der Waals surface area contributed by atoms with Crippen LogP contribution in [0.3, 0.4) is 0 Å². The summed E-state index contributed by atoms with van der Waals surface area (Å²) in [6.07, 6.45) is 0. The molecule has 2 aromatic rings. The minimum Gasteiger partial charge on any atom is -0.497 e. The Labute approximate surface area is 140 Å². The minimum atomic E-state index is -0.467. The zero-order chi connectivity index (χ0) is 17.1. The average Bonchev–Trinajstić information content (AvgIpc) is 2.60. The summed E-state index contributed by atoms with van der Waals surface area (Å²) in [5.74, 6) is 0.481. The van der Waals surface area contributed by atoms with Gasteiger partial charge < -0.3 is 19.9 Å². The molecule has 1 atom stereocenters. The number of nitrogens with two attached hydrogens (primary N) is 1. The summed E-state index contributed by atoms with van der Waals surface area (Å²) in [6.45, 7) is 2.03. The second-order valence-electron chi connectivity index (χ2n) is 5.35. The molecule has 0 saturated carbocycles. The van der Waals surface area contributed by atoms with E-state index in [1.54, 1.807) is 20.1 Å². The van der Waals surface area contributed by atoms with E-state index in [-0.39, 0.29) is 18.4 Å². The van der Waals surface area contributed by atoms with Gasteiger partial charge in [0.25, 0.3) is 0 Å². The molecular weight excluding hydrogens is 306 g/mol. The summed E-state index contributed by atoms with van der Waals surface area (Å²) in [5.41, 5.74) is 8.17. The number of hydrogen-bond acceptors (Lipinski definition) is 5. The van der Waals surface area contributed by atoms with Crippen LogP contribution >= 0.6 is 0 Å². The van der Waals surface area contributed by atoms with Crippen molar-refractivity contribution in [1.29, 1.82) is 0 Å². The Morgan fingerprint density at radius 1 is 1.21 bits per heavy atom. The van der Waals surface area contributed by atoms with Crippen molar-refractivity contribution in [2.24, 2.45) is 5.73 Å². The Morgan fingerprint density at radius 2 is 1.96 bits per heavy atom. The van der Waals surface area contributed by atoms with Gasteiger partial charge in [0.05, 0.1) is 19.6 Å². The van der Waals surface area contributed by atoms with E-state index in [0.717, 1.165) is 11.1 Å². The van der Waals surface area contributed by atoms with Gasteiger partial charge in [-0.3, -0.25) is 0 Å². The molecule has 124 valence electrons. The Morgan fingerprint density at radius 3 is 2.62 bits per heavy atom. The van der Waals surface area contributed by atoms with Gasteiger partial charge >= 0.3 is 5.97 Å². The minimum absolute atomic E-state index is 0.0584. The van der Waals surface area contributed by atoms with E-state index in [2.05, 4.69) is 0 Å². The number of rotatable bonds is 4. The van der Waals surface area contributed by atoms with Crippen molar-refractivity contribution >= 4 is 5.97 Å². The Bertz CT molecular complexity index is 783. The summed E-state index contributed by atoms with van der Waals surface area (Å²) in [7, 11) is 1.59. The van der Waals surface area contributed by atoms with E-state index in [0.29, 0.717) is 17.1 Å². The van der Waals surface area contributed by atoms with Crippen LogP contribution in [0, 0.1) is 0 Å². The molecule has 0 saturated heterocycles. The van der Waals surface area contributed by atoms with Crippen LogP contribution in [-0.4, -0.2) is 19.7 Å². The van der Waals surface area contributed by atoms with Crippen LogP contribution in [-0.2, 0) is 9.53 Å². The molecule has 1 unspecified atom stereocenters. The van der Waals surface area contributed by atoms with Crippen LogP contribution in [0.1, 0.15) is 24.0 Å². The summed E-state index contributed by atoms with van der Waals surface area (Å²) < 4.78 is 16.1. The molecule has 5 heteroatoms. The summed E-state index contributed by atoms with van der Waals surface area (Å²) in [5, 5.41) is 0. The highest BCUT2D eigenvalue weighted by atomic mass is 16.5. The first kappa shape index (κ1) is 15.9. The summed E-state index contributed by atoms with van der Waals surface area (Å²) in [6, 6.07) is 15.2. The van der Waals surface area contributed by atoms with Crippen molar-refractivity contribution in [1.82, 2.24) is 0 Å². The highest BCUT2D eigenvalue weighted by molar-refractivity contribution is 5.92. The number of carbonyl (C=O) groups excluding carboxylic acids is 1. The van der Waals surface area contributed by atoms with Gasteiger partial charge in [0.15, 0.2) is 0 Å². The molecule has 0 fully saturated rings. The first-order valence-corrected chi connectivity index (χ1v) is 7.73. The van der Waals surface area contributed by atoms with Gasteiger partial charge in [0, 0.05) is 11.6 Å². The lowest BCUT2D eigenvalue weighted by Crippen LogP contribution is -2.27. The van der Waals surface area contributed by atoms with E-state index in [1.807, 2.05) is 42.5 Å². The number of carbonyl (C=O) groups is 1. The third-order valence-electron chi connectivity index (χ3n) is 3.93.